The lowest BCUT2D eigenvalue weighted by molar-refractivity contribution is -0.137. The Bertz CT molecular complexity index is 536. The fraction of sp³-hybridized carbons (Fsp3) is 0.273. The van der Waals surface area contributed by atoms with Crippen molar-refractivity contribution in [2.75, 3.05) is 5.32 Å². The Morgan fingerprint density at radius 2 is 2.11 bits per heavy atom. The highest BCUT2D eigenvalue weighted by Crippen LogP contribution is 2.33. The largest absolute Gasteiger partial charge is 0.444 e. The Morgan fingerprint density at radius 1 is 1.33 bits per heavy atom. The molecule has 96 valence electrons. The van der Waals surface area contributed by atoms with E-state index in [0.717, 1.165) is 6.07 Å². The molecule has 0 aliphatic heterocycles. The van der Waals surface area contributed by atoms with Crippen LogP contribution in [0.1, 0.15) is 17.2 Å². The molecule has 7 heteroatoms. The predicted molar refractivity (Wildman–Crippen MR) is 57.8 cm³/mol. The van der Waals surface area contributed by atoms with Gasteiger partial charge in [-0.1, -0.05) is 0 Å². The summed E-state index contributed by atoms with van der Waals surface area (Å²) in [5.74, 6) is 0.677. The van der Waals surface area contributed by atoms with E-state index >= 15 is 0 Å². The zero-order valence-electron chi connectivity index (χ0n) is 9.45. The fourth-order valence-electron chi connectivity index (χ4n) is 1.42. The molecule has 0 saturated carbocycles. The molecule has 0 saturated heterocycles. The normalized spacial score (nSPS) is 11.6. The van der Waals surface area contributed by atoms with Crippen LogP contribution in [0.2, 0.25) is 0 Å². The molecule has 0 spiro atoms. The van der Waals surface area contributed by atoms with E-state index in [0.29, 0.717) is 11.7 Å². The Hall–Kier alpha value is -2.05. The lowest BCUT2D eigenvalue weighted by atomic mass is 10.2. The van der Waals surface area contributed by atoms with Crippen molar-refractivity contribution in [1.29, 1.82) is 0 Å². The summed E-state index contributed by atoms with van der Waals surface area (Å²) in [5, 5.41) is 2.56. The van der Waals surface area contributed by atoms with Gasteiger partial charge in [-0.15, -0.1) is 0 Å². The van der Waals surface area contributed by atoms with Crippen LogP contribution in [0, 0.1) is 6.92 Å². The summed E-state index contributed by atoms with van der Waals surface area (Å²) < 4.78 is 43.1. The second-order valence-electron chi connectivity index (χ2n) is 3.62. The predicted octanol–water partition coefficient (Wildman–Crippen LogP) is 3.01. The monoisotopic (exact) mass is 257 g/mol. The van der Waals surface area contributed by atoms with Gasteiger partial charge in [0.15, 0.2) is 0 Å². The number of nitrogens with zero attached hydrogens (tertiary/aromatic N) is 2. The zero-order valence-corrected chi connectivity index (χ0v) is 9.45. The highest BCUT2D eigenvalue weighted by Gasteiger charge is 2.34. The van der Waals surface area contributed by atoms with E-state index in [1.165, 1.54) is 18.5 Å². The highest BCUT2D eigenvalue weighted by molar-refractivity contribution is 5.45. The van der Waals surface area contributed by atoms with Gasteiger partial charge >= 0.3 is 6.18 Å². The Morgan fingerprint density at radius 3 is 2.72 bits per heavy atom. The number of alkyl halides is 3. The van der Waals surface area contributed by atoms with Gasteiger partial charge < -0.3 is 9.73 Å². The minimum absolute atomic E-state index is 0.0495. The van der Waals surface area contributed by atoms with E-state index in [1.54, 1.807) is 6.92 Å². The van der Waals surface area contributed by atoms with Crippen LogP contribution in [0.5, 0.6) is 0 Å². The molecule has 0 bridgehead atoms. The molecular weight excluding hydrogens is 247 g/mol. The average Bonchev–Trinajstić information content (AvgIpc) is 2.72. The summed E-state index contributed by atoms with van der Waals surface area (Å²) in [6, 6.07) is 2.21. The summed E-state index contributed by atoms with van der Waals surface area (Å²) in [5.41, 5.74) is -0.812. The van der Waals surface area contributed by atoms with E-state index < -0.39 is 11.7 Å². The van der Waals surface area contributed by atoms with Crippen LogP contribution >= 0.6 is 0 Å². The third-order valence-corrected chi connectivity index (χ3v) is 2.19. The zero-order chi connectivity index (χ0) is 13.2. The van der Waals surface area contributed by atoms with Crippen LogP contribution in [0.25, 0.3) is 0 Å². The lowest BCUT2D eigenvalue weighted by Gasteiger charge is -2.11. The van der Waals surface area contributed by atoms with Gasteiger partial charge in [0.1, 0.15) is 11.6 Å². The van der Waals surface area contributed by atoms with E-state index in [4.69, 9.17) is 4.42 Å². The number of aryl methyl sites for hydroxylation is 1. The Balaban J connectivity index is 2.14. The number of halogens is 3. The second kappa shape index (κ2) is 4.67. The molecule has 0 atom stereocenters. The van der Waals surface area contributed by atoms with Gasteiger partial charge in [-0.25, -0.2) is 9.97 Å². The molecule has 0 aliphatic carbocycles. The van der Waals surface area contributed by atoms with Crippen molar-refractivity contribution < 1.29 is 17.6 Å². The van der Waals surface area contributed by atoms with Crippen molar-refractivity contribution in [2.24, 2.45) is 0 Å². The van der Waals surface area contributed by atoms with Crippen molar-refractivity contribution in [3.8, 4) is 0 Å². The first-order valence-corrected chi connectivity index (χ1v) is 5.14. The number of aromatic nitrogens is 2. The molecule has 0 amide bonds. The van der Waals surface area contributed by atoms with Crippen LogP contribution in [0.4, 0.5) is 19.0 Å². The number of hydrogen-bond donors (Lipinski definition) is 1. The highest BCUT2D eigenvalue weighted by atomic mass is 19.4. The summed E-state index contributed by atoms with van der Waals surface area (Å²) >= 11 is 0. The molecule has 0 unspecified atom stereocenters. The molecule has 1 N–H and O–H groups in total. The van der Waals surface area contributed by atoms with Crippen molar-refractivity contribution >= 4 is 5.82 Å². The summed E-state index contributed by atoms with van der Waals surface area (Å²) in [6.07, 6.45) is -1.65. The molecule has 0 radical (unpaired) electrons. The molecule has 0 aromatic carbocycles. The van der Waals surface area contributed by atoms with Gasteiger partial charge in [0.25, 0.3) is 0 Å². The minimum Gasteiger partial charge on any atom is -0.444 e. The van der Waals surface area contributed by atoms with Crippen LogP contribution < -0.4 is 5.32 Å². The second-order valence-corrected chi connectivity index (χ2v) is 3.62. The first kappa shape index (κ1) is 12.4. The molecule has 2 rings (SSSR count). The number of anilines is 1. The van der Waals surface area contributed by atoms with Gasteiger partial charge in [-0.05, 0) is 19.1 Å². The van der Waals surface area contributed by atoms with Crippen LogP contribution in [-0.2, 0) is 12.7 Å². The van der Waals surface area contributed by atoms with Gasteiger partial charge in [0.2, 0.25) is 5.89 Å². The number of pyridine rings is 1. The number of nitrogens with one attached hydrogen (secondary N) is 1. The van der Waals surface area contributed by atoms with Crippen molar-refractivity contribution in [3.05, 3.63) is 41.7 Å². The molecule has 2 heterocycles. The maximum absolute atomic E-state index is 12.7. The lowest BCUT2D eigenvalue weighted by Crippen LogP contribution is -2.12. The first-order valence-electron chi connectivity index (χ1n) is 5.14. The molecular formula is C11H10F3N3O. The summed E-state index contributed by atoms with van der Waals surface area (Å²) in [6.45, 7) is 1.76. The third kappa shape index (κ3) is 2.79. The van der Waals surface area contributed by atoms with Crippen LogP contribution in [-0.4, -0.2) is 9.97 Å². The number of hydrogen-bond acceptors (Lipinski definition) is 4. The van der Waals surface area contributed by atoms with Crippen LogP contribution in [0.3, 0.4) is 0 Å². The number of rotatable bonds is 3. The first-order chi connectivity index (χ1) is 8.47. The standard InChI is InChI=1S/C11H10F3N3O/c1-7-5-16-9(18-7)6-17-10-8(11(12,13)14)3-2-4-15-10/h2-5H,6H2,1H3,(H,15,17). The average molecular weight is 257 g/mol. The summed E-state index contributed by atoms with van der Waals surface area (Å²) in [7, 11) is 0. The molecule has 2 aromatic heterocycles. The molecule has 4 nitrogen and oxygen atoms in total. The van der Waals surface area contributed by atoms with E-state index in [-0.39, 0.29) is 12.4 Å². The molecule has 18 heavy (non-hydrogen) atoms. The smallest absolute Gasteiger partial charge is 0.419 e. The van der Waals surface area contributed by atoms with Crippen molar-refractivity contribution in [2.45, 2.75) is 19.6 Å². The Labute approximate surface area is 101 Å². The van der Waals surface area contributed by atoms with Crippen molar-refractivity contribution in [1.82, 2.24) is 9.97 Å². The van der Waals surface area contributed by atoms with Gasteiger partial charge in [-0.3, -0.25) is 0 Å². The van der Waals surface area contributed by atoms with Gasteiger partial charge in [0.05, 0.1) is 18.3 Å². The summed E-state index contributed by atoms with van der Waals surface area (Å²) in [4.78, 5) is 7.55. The quantitative estimate of drug-likeness (QED) is 0.918. The van der Waals surface area contributed by atoms with Gasteiger partial charge in [-0.2, -0.15) is 13.2 Å². The van der Waals surface area contributed by atoms with Crippen LogP contribution in [0.15, 0.2) is 28.9 Å². The Kier molecular flexibility index (Phi) is 3.22. The van der Waals surface area contributed by atoms with Crippen molar-refractivity contribution in [3.63, 3.8) is 0 Å². The SMILES string of the molecule is Cc1cnc(CNc2ncccc2C(F)(F)F)o1. The molecule has 0 aliphatic rings. The fourth-order valence-corrected chi connectivity index (χ4v) is 1.42. The molecule has 0 fully saturated rings. The van der Waals surface area contributed by atoms with E-state index in [2.05, 4.69) is 15.3 Å². The molecule has 2 aromatic rings. The maximum Gasteiger partial charge on any atom is 0.419 e. The number of oxazole rings is 1. The third-order valence-electron chi connectivity index (χ3n) is 2.19. The van der Waals surface area contributed by atoms with Gasteiger partial charge in [0, 0.05) is 6.20 Å². The minimum atomic E-state index is -4.44. The van der Waals surface area contributed by atoms with E-state index in [9.17, 15) is 13.2 Å². The maximum atomic E-state index is 12.7. The topological polar surface area (TPSA) is 51.0 Å². The van der Waals surface area contributed by atoms with E-state index in [1.807, 2.05) is 0 Å².